The fourth-order valence-corrected chi connectivity index (χ4v) is 2.42. The van der Waals surface area contributed by atoms with Gasteiger partial charge in [0, 0.05) is 23.4 Å². The molecule has 0 saturated carbocycles. The molecule has 21 heavy (non-hydrogen) atoms. The zero-order chi connectivity index (χ0) is 14.7. The Balaban J connectivity index is 1.84. The second-order valence-electron chi connectivity index (χ2n) is 5.08. The average molecular weight is 282 g/mol. The Bertz CT molecular complexity index is 778. The third-order valence-corrected chi connectivity index (χ3v) is 3.52. The number of aromatic amines is 1. The van der Waals surface area contributed by atoms with Gasteiger partial charge < -0.3 is 16.0 Å². The highest BCUT2D eigenvalue weighted by Gasteiger charge is 2.06. The Labute approximate surface area is 122 Å². The molecule has 3 aromatic rings. The number of H-pyrrole nitrogens is 1. The maximum Gasteiger partial charge on any atom is 0.225 e. The lowest BCUT2D eigenvalue weighted by atomic mass is 10.1. The van der Waals surface area contributed by atoms with E-state index in [2.05, 4.69) is 15.3 Å². The summed E-state index contributed by atoms with van der Waals surface area (Å²) in [4.78, 5) is 19.5. The van der Waals surface area contributed by atoms with Crippen LogP contribution in [-0.2, 0) is 4.79 Å². The van der Waals surface area contributed by atoms with Crippen LogP contribution in [0.2, 0.25) is 0 Å². The quantitative estimate of drug-likeness (QED) is 0.629. The predicted octanol–water partition coefficient (Wildman–Crippen LogP) is 2.78. The van der Waals surface area contributed by atoms with Gasteiger partial charge in [-0.1, -0.05) is 12.1 Å². The van der Waals surface area contributed by atoms with Gasteiger partial charge in [-0.05, 0) is 37.6 Å². The number of fused-ring (bicyclic) bond motifs is 3. The molecule has 0 saturated heterocycles. The zero-order valence-electron chi connectivity index (χ0n) is 11.7. The molecule has 0 aliphatic heterocycles. The van der Waals surface area contributed by atoms with E-state index in [0.29, 0.717) is 18.8 Å². The maximum absolute atomic E-state index is 11.8. The van der Waals surface area contributed by atoms with Crippen LogP contribution in [0.15, 0.2) is 36.5 Å². The SMILES string of the molecule is NCCCCC(=O)Nc1ccc2ccc3ccnc3c2[nH]1. The van der Waals surface area contributed by atoms with Gasteiger partial charge in [-0.25, -0.2) is 0 Å². The van der Waals surface area contributed by atoms with Crippen LogP contribution in [-0.4, -0.2) is 22.4 Å². The van der Waals surface area contributed by atoms with E-state index in [0.717, 1.165) is 34.6 Å². The van der Waals surface area contributed by atoms with E-state index in [1.54, 1.807) is 6.20 Å². The monoisotopic (exact) mass is 282 g/mol. The van der Waals surface area contributed by atoms with Crippen molar-refractivity contribution in [2.45, 2.75) is 19.3 Å². The van der Waals surface area contributed by atoms with E-state index in [9.17, 15) is 4.79 Å². The molecule has 0 unspecified atom stereocenters. The molecule has 2 heterocycles. The number of pyridine rings is 1. The second-order valence-corrected chi connectivity index (χ2v) is 5.08. The lowest BCUT2D eigenvalue weighted by Crippen LogP contribution is -2.13. The molecule has 108 valence electrons. The molecule has 0 aliphatic rings. The van der Waals surface area contributed by atoms with Crippen molar-refractivity contribution in [2.75, 3.05) is 11.9 Å². The largest absolute Gasteiger partial charge is 0.339 e. The van der Waals surface area contributed by atoms with Crippen molar-refractivity contribution in [3.8, 4) is 0 Å². The van der Waals surface area contributed by atoms with E-state index in [-0.39, 0.29) is 5.91 Å². The Morgan fingerprint density at radius 1 is 1.14 bits per heavy atom. The van der Waals surface area contributed by atoms with E-state index < -0.39 is 0 Å². The molecule has 0 radical (unpaired) electrons. The molecular weight excluding hydrogens is 264 g/mol. The number of carbonyl (C=O) groups is 1. The molecule has 0 fully saturated rings. The number of unbranched alkanes of at least 4 members (excludes halogenated alkanes) is 1. The molecule has 0 atom stereocenters. The summed E-state index contributed by atoms with van der Waals surface area (Å²) >= 11 is 0. The molecule has 0 aliphatic carbocycles. The molecule has 2 aromatic heterocycles. The third-order valence-electron chi connectivity index (χ3n) is 3.52. The number of amides is 1. The number of nitrogens with two attached hydrogens (primary N) is 1. The number of hydrogen-bond donors (Lipinski definition) is 3. The van der Waals surface area contributed by atoms with Gasteiger partial charge in [0.1, 0.15) is 5.82 Å². The topological polar surface area (TPSA) is 83.8 Å². The Morgan fingerprint density at radius 2 is 1.95 bits per heavy atom. The highest BCUT2D eigenvalue weighted by atomic mass is 16.1. The Morgan fingerprint density at radius 3 is 2.81 bits per heavy atom. The van der Waals surface area contributed by atoms with Gasteiger partial charge in [-0.2, -0.15) is 0 Å². The minimum Gasteiger partial charge on any atom is -0.339 e. The van der Waals surface area contributed by atoms with Crippen molar-refractivity contribution < 1.29 is 4.79 Å². The van der Waals surface area contributed by atoms with Crippen LogP contribution in [0, 0.1) is 0 Å². The van der Waals surface area contributed by atoms with Crippen molar-refractivity contribution in [1.29, 1.82) is 0 Å². The van der Waals surface area contributed by atoms with Crippen molar-refractivity contribution >= 4 is 33.5 Å². The van der Waals surface area contributed by atoms with Crippen LogP contribution < -0.4 is 11.1 Å². The highest BCUT2D eigenvalue weighted by Crippen LogP contribution is 2.24. The van der Waals surface area contributed by atoms with E-state index >= 15 is 0 Å². The van der Waals surface area contributed by atoms with Crippen molar-refractivity contribution in [3.63, 3.8) is 0 Å². The van der Waals surface area contributed by atoms with Crippen LogP contribution in [0.1, 0.15) is 19.3 Å². The van der Waals surface area contributed by atoms with Crippen LogP contribution in [0.25, 0.3) is 21.8 Å². The van der Waals surface area contributed by atoms with Gasteiger partial charge in [-0.15, -0.1) is 0 Å². The fourth-order valence-electron chi connectivity index (χ4n) is 2.42. The molecule has 3 rings (SSSR count). The summed E-state index contributed by atoms with van der Waals surface area (Å²) in [7, 11) is 0. The minimum atomic E-state index is 0.00157. The first-order valence-corrected chi connectivity index (χ1v) is 7.14. The van der Waals surface area contributed by atoms with Gasteiger partial charge in [0.05, 0.1) is 11.0 Å². The first kappa shape index (κ1) is 13.6. The van der Waals surface area contributed by atoms with Crippen LogP contribution in [0.3, 0.4) is 0 Å². The van der Waals surface area contributed by atoms with E-state index in [4.69, 9.17) is 5.73 Å². The number of hydrogen-bond acceptors (Lipinski definition) is 3. The lowest BCUT2D eigenvalue weighted by molar-refractivity contribution is -0.116. The van der Waals surface area contributed by atoms with E-state index in [1.807, 2.05) is 30.3 Å². The summed E-state index contributed by atoms with van der Waals surface area (Å²) in [5.41, 5.74) is 7.29. The number of rotatable bonds is 5. The predicted molar refractivity (Wildman–Crippen MR) is 85.1 cm³/mol. The molecule has 5 heteroatoms. The smallest absolute Gasteiger partial charge is 0.225 e. The standard InChI is InChI=1S/C16H18N4O/c17-9-2-1-3-14(21)19-13-7-6-11-4-5-12-8-10-18-15(12)16(11)20-13/h4-8,10,20H,1-3,9,17H2,(H,19,21). The van der Waals surface area contributed by atoms with Gasteiger partial charge in [0.25, 0.3) is 0 Å². The maximum atomic E-state index is 11.8. The Hall–Kier alpha value is -2.40. The summed E-state index contributed by atoms with van der Waals surface area (Å²) in [5.74, 6) is 0.692. The molecular formula is C16H18N4O. The summed E-state index contributed by atoms with van der Waals surface area (Å²) in [6.45, 7) is 0.621. The van der Waals surface area contributed by atoms with E-state index in [1.165, 1.54) is 0 Å². The highest BCUT2D eigenvalue weighted by molar-refractivity contribution is 6.04. The summed E-state index contributed by atoms with van der Waals surface area (Å²) in [6, 6.07) is 9.92. The third kappa shape index (κ3) is 2.87. The van der Waals surface area contributed by atoms with Gasteiger partial charge in [-0.3, -0.25) is 9.78 Å². The summed E-state index contributed by atoms with van der Waals surface area (Å²) in [6.07, 6.45) is 3.95. The molecule has 1 amide bonds. The van der Waals surface area contributed by atoms with Crippen LogP contribution in [0.5, 0.6) is 0 Å². The summed E-state index contributed by atoms with van der Waals surface area (Å²) in [5, 5.41) is 5.05. The van der Waals surface area contributed by atoms with Crippen LogP contribution >= 0.6 is 0 Å². The zero-order valence-corrected chi connectivity index (χ0v) is 11.7. The molecule has 0 spiro atoms. The van der Waals surface area contributed by atoms with Gasteiger partial charge >= 0.3 is 0 Å². The lowest BCUT2D eigenvalue weighted by Gasteiger charge is -2.07. The second kappa shape index (κ2) is 5.93. The normalized spacial score (nSPS) is 11.1. The van der Waals surface area contributed by atoms with Crippen molar-refractivity contribution in [1.82, 2.24) is 9.97 Å². The van der Waals surface area contributed by atoms with Crippen LogP contribution in [0.4, 0.5) is 5.82 Å². The first-order chi connectivity index (χ1) is 10.3. The fraction of sp³-hybridized carbons (Fsp3) is 0.250. The number of benzene rings is 1. The number of anilines is 1. The number of carbonyl (C=O) groups excluding carboxylic acids is 1. The number of nitrogens with zero attached hydrogens (tertiary/aromatic N) is 1. The molecule has 4 N–H and O–H groups in total. The minimum absolute atomic E-state index is 0.00157. The van der Waals surface area contributed by atoms with Gasteiger partial charge in [0.15, 0.2) is 0 Å². The summed E-state index contributed by atoms with van der Waals surface area (Å²) < 4.78 is 0. The number of nitrogens with one attached hydrogen (secondary N) is 2. The van der Waals surface area contributed by atoms with Crippen molar-refractivity contribution in [3.05, 3.63) is 36.5 Å². The molecule has 0 bridgehead atoms. The van der Waals surface area contributed by atoms with Gasteiger partial charge in [0.2, 0.25) is 5.91 Å². The molecule has 5 nitrogen and oxygen atoms in total. The molecule has 1 aromatic carbocycles. The first-order valence-electron chi connectivity index (χ1n) is 7.14. The number of aromatic nitrogens is 2. The van der Waals surface area contributed by atoms with Crippen molar-refractivity contribution in [2.24, 2.45) is 5.73 Å². The Kier molecular flexibility index (Phi) is 3.83. The average Bonchev–Trinajstić information content (AvgIpc) is 2.96.